The number of aromatic nitrogens is 2. The summed E-state index contributed by atoms with van der Waals surface area (Å²) in [4.78, 5) is 10.7. The molecule has 0 bridgehead atoms. The summed E-state index contributed by atoms with van der Waals surface area (Å²) in [5, 5.41) is 0. The fourth-order valence-corrected chi connectivity index (χ4v) is 3.21. The van der Waals surface area contributed by atoms with E-state index in [0.29, 0.717) is 6.04 Å². The van der Waals surface area contributed by atoms with Crippen LogP contribution in [0.4, 0.5) is 0 Å². The predicted octanol–water partition coefficient (Wildman–Crippen LogP) is 3.52. The number of nitrogens with one attached hydrogen (secondary N) is 1. The first kappa shape index (κ1) is 15.2. The summed E-state index contributed by atoms with van der Waals surface area (Å²) in [6, 6.07) is 4.20. The van der Waals surface area contributed by atoms with Gasteiger partial charge < -0.3 is 14.5 Å². The highest BCUT2D eigenvalue weighted by molar-refractivity contribution is 5.79. The molecule has 1 aromatic carbocycles. The van der Waals surface area contributed by atoms with Crippen molar-refractivity contribution in [3.63, 3.8) is 0 Å². The maximum absolute atomic E-state index is 5.36. The van der Waals surface area contributed by atoms with Crippen LogP contribution in [0.2, 0.25) is 0 Å². The zero-order valence-corrected chi connectivity index (χ0v) is 13.7. The zero-order chi connectivity index (χ0) is 15.5. The van der Waals surface area contributed by atoms with Crippen LogP contribution in [-0.2, 0) is 0 Å². The van der Waals surface area contributed by atoms with Gasteiger partial charge in [0.05, 0.1) is 31.3 Å². The number of ether oxygens (including phenoxy) is 2. The van der Waals surface area contributed by atoms with E-state index in [9.17, 15) is 0 Å². The second-order valence-corrected chi connectivity index (χ2v) is 5.97. The van der Waals surface area contributed by atoms with Crippen LogP contribution >= 0.6 is 0 Å². The number of methoxy groups -OCH3 is 2. The normalized spacial score (nSPS) is 18.1. The van der Waals surface area contributed by atoms with Gasteiger partial charge in [-0.2, -0.15) is 0 Å². The minimum atomic E-state index is 0.308. The highest BCUT2D eigenvalue weighted by Crippen LogP contribution is 2.32. The summed E-state index contributed by atoms with van der Waals surface area (Å²) in [7, 11) is 3.30. The van der Waals surface area contributed by atoms with E-state index in [2.05, 4.69) is 16.8 Å². The summed E-state index contributed by atoms with van der Waals surface area (Å²) >= 11 is 0. The van der Waals surface area contributed by atoms with Gasteiger partial charge in [-0.1, -0.05) is 12.8 Å². The Morgan fingerprint density at radius 1 is 1.05 bits per heavy atom. The molecule has 5 nitrogen and oxygen atoms in total. The van der Waals surface area contributed by atoms with Crippen LogP contribution in [0.5, 0.6) is 11.5 Å². The summed E-state index contributed by atoms with van der Waals surface area (Å²) in [6.45, 7) is 4.55. The van der Waals surface area contributed by atoms with Crippen molar-refractivity contribution in [3.05, 3.63) is 18.0 Å². The van der Waals surface area contributed by atoms with Crippen LogP contribution in [0.25, 0.3) is 11.0 Å². The molecule has 0 spiro atoms. The summed E-state index contributed by atoms with van der Waals surface area (Å²) in [5.41, 5.74) is 1.92. The van der Waals surface area contributed by atoms with E-state index in [-0.39, 0.29) is 0 Å². The van der Waals surface area contributed by atoms with Crippen LogP contribution < -0.4 is 9.47 Å². The molecule has 2 heterocycles. The lowest BCUT2D eigenvalue weighted by Crippen LogP contribution is -2.28. The number of fused-ring (bicyclic) bond motifs is 1. The first-order chi connectivity index (χ1) is 10.7. The Kier molecular flexibility index (Phi) is 4.52. The lowest BCUT2D eigenvalue weighted by atomic mass is 10.2. The average molecular weight is 303 g/mol. The van der Waals surface area contributed by atoms with Gasteiger partial charge in [-0.05, 0) is 32.9 Å². The molecule has 120 valence electrons. The second kappa shape index (κ2) is 6.57. The first-order valence-corrected chi connectivity index (χ1v) is 8.08. The minimum absolute atomic E-state index is 0.308. The molecule has 3 rings (SSSR count). The SMILES string of the molecule is COc1cc2nc(C(C)N3CCCCCC3)[nH]c2cc1OC. The molecule has 1 saturated heterocycles. The maximum atomic E-state index is 5.36. The Labute approximate surface area is 131 Å². The minimum Gasteiger partial charge on any atom is -0.493 e. The highest BCUT2D eigenvalue weighted by atomic mass is 16.5. The third-order valence-corrected chi connectivity index (χ3v) is 4.59. The third-order valence-electron chi connectivity index (χ3n) is 4.59. The number of rotatable bonds is 4. The number of aromatic amines is 1. The molecule has 1 aromatic heterocycles. The molecule has 1 unspecified atom stereocenters. The standard InChI is InChI=1S/C17H25N3O2/c1-12(20-8-6-4-5-7-9-20)17-18-13-10-15(21-2)16(22-3)11-14(13)19-17/h10-12H,4-9H2,1-3H3,(H,18,19). The number of H-pyrrole nitrogens is 1. The van der Waals surface area contributed by atoms with Crippen LogP contribution in [0.15, 0.2) is 12.1 Å². The topological polar surface area (TPSA) is 50.4 Å². The van der Waals surface area contributed by atoms with Gasteiger partial charge in [-0.3, -0.25) is 4.90 Å². The maximum Gasteiger partial charge on any atom is 0.163 e. The van der Waals surface area contributed by atoms with E-state index < -0.39 is 0 Å². The largest absolute Gasteiger partial charge is 0.493 e. The smallest absolute Gasteiger partial charge is 0.163 e. The first-order valence-electron chi connectivity index (χ1n) is 8.08. The van der Waals surface area contributed by atoms with Gasteiger partial charge in [0.2, 0.25) is 0 Å². The Morgan fingerprint density at radius 3 is 2.32 bits per heavy atom. The molecular weight excluding hydrogens is 278 g/mol. The fourth-order valence-electron chi connectivity index (χ4n) is 3.21. The van der Waals surface area contributed by atoms with Gasteiger partial charge in [0, 0.05) is 12.1 Å². The quantitative estimate of drug-likeness (QED) is 0.939. The summed E-state index contributed by atoms with van der Waals surface area (Å²) in [5.74, 6) is 2.47. The molecule has 0 radical (unpaired) electrons. The van der Waals surface area contributed by atoms with Crippen molar-refractivity contribution in [1.29, 1.82) is 0 Å². The molecule has 22 heavy (non-hydrogen) atoms. The number of hydrogen-bond acceptors (Lipinski definition) is 4. The monoisotopic (exact) mass is 303 g/mol. The van der Waals surface area contributed by atoms with Gasteiger partial charge >= 0.3 is 0 Å². The van der Waals surface area contributed by atoms with Crippen LogP contribution in [-0.4, -0.2) is 42.2 Å². The van der Waals surface area contributed by atoms with Crippen molar-refractivity contribution in [2.45, 2.75) is 38.6 Å². The van der Waals surface area contributed by atoms with Crippen LogP contribution in [0.3, 0.4) is 0 Å². The average Bonchev–Trinajstić information content (AvgIpc) is 2.76. The molecule has 1 atom stereocenters. The molecule has 0 saturated carbocycles. The lowest BCUT2D eigenvalue weighted by molar-refractivity contribution is 0.212. The Hall–Kier alpha value is -1.75. The second-order valence-electron chi connectivity index (χ2n) is 5.97. The third kappa shape index (κ3) is 2.90. The summed E-state index contributed by atoms with van der Waals surface area (Å²) in [6.07, 6.45) is 5.26. The van der Waals surface area contributed by atoms with E-state index >= 15 is 0 Å². The molecule has 1 aliphatic rings. The molecule has 5 heteroatoms. The molecule has 0 amide bonds. The van der Waals surface area contributed by atoms with Crippen molar-refractivity contribution >= 4 is 11.0 Å². The lowest BCUT2D eigenvalue weighted by Gasteiger charge is -2.25. The van der Waals surface area contributed by atoms with Crippen molar-refractivity contribution in [1.82, 2.24) is 14.9 Å². The van der Waals surface area contributed by atoms with Gasteiger partial charge in [-0.25, -0.2) is 4.98 Å². The number of hydrogen-bond donors (Lipinski definition) is 1. The van der Waals surface area contributed by atoms with E-state index in [1.165, 1.54) is 25.7 Å². The fraction of sp³-hybridized carbons (Fsp3) is 0.588. The summed E-state index contributed by atoms with van der Waals surface area (Å²) < 4.78 is 10.7. The van der Waals surface area contributed by atoms with Gasteiger partial charge in [0.1, 0.15) is 5.82 Å². The van der Waals surface area contributed by atoms with E-state index in [4.69, 9.17) is 14.5 Å². The number of likely N-dealkylation sites (tertiary alicyclic amines) is 1. The Morgan fingerprint density at radius 2 is 1.68 bits per heavy atom. The molecule has 1 aliphatic heterocycles. The zero-order valence-electron chi connectivity index (χ0n) is 13.7. The van der Waals surface area contributed by atoms with Crippen LogP contribution in [0.1, 0.15) is 44.5 Å². The van der Waals surface area contributed by atoms with Gasteiger partial charge in [0.25, 0.3) is 0 Å². The highest BCUT2D eigenvalue weighted by Gasteiger charge is 2.20. The van der Waals surface area contributed by atoms with E-state index in [1.54, 1.807) is 14.2 Å². The molecular formula is C17H25N3O2. The number of imidazole rings is 1. The van der Waals surface area contributed by atoms with Gasteiger partial charge in [-0.15, -0.1) is 0 Å². The van der Waals surface area contributed by atoms with Crippen molar-refractivity contribution < 1.29 is 9.47 Å². The molecule has 1 N–H and O–H groups in total. The number of nitrogens with zero attached hydrogens (tertiary/aromatic N) is 2. The predicted molar refractivity (Wildman–Crippen MR) is 87.7 cm³/mol. The number of benzene rings is 1. The van der Waals surface area contributed by atoms with Crippen LogP contribution in [0, 0.1) is 0 Å². The molecule has 2 aromatic rings. The van der Waals surface area contributed by atoms with E-state index in [1.807, 2.05) is 12.1 Å². The Balaban J connectivity index is 1.90. The molecule has 0 aliphatic carbocycles. The Bertz CT molecular complexity index is 589. The van der Waals surface area contributed by atoms with Gasteiger partial charge in [0.15, 0.2) is 11.5 Å². The van der Waals surface area contributed by atoms with Crippen molar-refractivity contribution in [2.75, 3.05) is 27.3 Å². The van der Waals surface area contributed by atoms with Crippen molar-refractivity contribution in [2.24, 2.45) is 0 Å². The van der Waals surface area contributed by atoms with E-state index in [0.717, 1.165) is 41.4 Å². The molecule has 1 fully saturated rings. The van der Waals surface area contributed by atoms with Crippen molar-refractivity contribution in [3.8, 4) is 11.5 Å².